The van der Waals surface area contributed by atoms with Crippen molar-refractivity contribution in [2.24, 2.45) is 0 Å². The van der Waals surface area contributed by atoms with E-state index in [-0.39, 0.29) is 0 Å². The highest BCUT2D eigenvalue weighted by Crippen LogP contribution is 2.37. The fraction of sp³-hybridized carbons (Fsp3) is 0.0698. The van der Waals surface area contributed by atoms with E-state index in [9.17, 15) is 0 Å². The van der Waals surface area contributed by atoms with Gasteiger partial charge in [-0.2, -0.15) is 0 Å². The molecule has 0 saturated heterocycles. The fourth-order valence-electron chi connectivity index (χ4n) is 6.25. The van der Waals surface area contributed by atoms with Gasteiger partial charge in [-0.1, -0.05) is 134 Å². The first kappa shape index (κ1) is 28.9. The summed E-state index contributed by atoms with van der Waals surface area (Å²) in [7, 11) is -1.43. The zero-order chi connectivity index (χ0) is 32.0. The molecule has 8 rings (SSSR count). The van der Waals surface area contributed by atoms with Crippen molar-refractivity contribution in [3.8, 4) is 56.2 Å². The van der Waals surface area contributed by atoms with E-state index in [0.29, 0.717) is 5.82 Å². The minimum Gasteiger partial charge on any atom is -0.456 e. The molecule has 0 unspecified atom stereocenters. The third kappa shape index (κ3) is 5.69. The van der Waals surface area contributed by atoms with E-state index in [2.05, 4.69) is 135 Å². The lowest BCUT2D eigenvalue weighted by Gasteiger charge is -2.17. The Hall–Kier alpha value is -5.58. The number of hydrogen-bond acceptors (Lipinski definition) is 3. The molecule has 0 aliphatic carbocycles. The normalized spacial score (nSPS) is 11.7. The predicted molar refractivity (Wildman–Crippen MR) is 199 cm³/mol. The van der Waals surface area contributed by atoms with E-state index >= 15 is 0 Å². The molecule has 6 aromatic carbocycles. The van der Waals surface area contributed by atoms with Crippen LogP contribution in [0.4, 0.5) is 0 Å². The molecule has 0 spiro atoms. The molecule has 0 saturated carbocycles. The Morgan fingerprint density at radius 2 is 0.957 bits per heavy atom. The molecular weight excluding hydrogens is 589 g/mol. The Morgan fingerprint density at radius 3 is 1.66 bits per heavy atom. The summed E-state index contributed by atoms with van der Waals surface area (Å²) in [6, 6.07) is 53.4. The first-order valence-corrected chi connectivity index (χ1v) is 19.6. The van der Waals surface area contributed by atoms with Gasteiger partial charge in [-0.3, -0.25) is 0 Å². The first-order chi connectivity index (χ1) is 22.9. The van der Waals surface area contributed by atoms with E-state index in [4.69, 9.17) is 14.4 Å². The molecule has 0 bridgehead atoms. The minimum absolute atomic E-state index is 0.708. The summed E-state index contributed by atoms with van der Waals surface area (Å²) in [5.74, 6) is 0.708. The Bertz CT molecular complexity index is 2310. The summed E-state index contributed by atoms with van der Waals surface area (Å²) in [5, 5.41) is 3.69. The van der Waals surface area contributed by atoms with Crippen LogP contribution in [0, 0.1) is 0 Å². The Balaban J connectivity index is 1.34. The van der Waals surface area contributed by atoms with Crippen LogP contribution < -0.4 is 5.19 Å². The number of para-hydroxylation sites is 1. The molecule has 0 aliphatic heterocycles. The summed E-state index contributed by atoms with van der Waals surface area (Å²) >= 11 is 0. The van der Waals surface area contributed by atoms with Crippen molar-refractivity contribution in [3.05, 3.63) is 152 Å². The van der Waals surface area contributed by atoms with Crippen LogP contribution in [0.25, 0.3) is 78.1 Å². The minimum atomic E-state index is -1.43. The molecule has 0 fully saturated rings. The predicted octanol–water partition coefficient (Wildman–Crippen LogP) is 11.3. The van der Waals surface area contributed by atoms with E-state index < -0.39 is 8.07 Å². The highest BCUT2D eigenvalue weighted by Gasteiger charge is 2.17. The molecule has 0 amide bonds. The lowest BCUT2D eigenvalue weighted by Crippen LogP contribution is -2.37. The number of rotatable bonds is 6. The first-order valence-electron chi connectivity index (χ1n) is 16.1. The highest BCUT2D eigenvalue weighted by atomic mass is 28.3. The largest absolute Gasteiger partial charge is 0.456 e. The van der Waals surface area contributed by atoms with Gasteiger partial charge >= 0.3 is 0 Å². The number of aromatic nitrogens is 2. The lowest BCUT2D eigenvalue weighted by molar-refractivity contribution is 0.669. The van der Waals surface area contributed by atoms with E-state index in [1.54, 1.807) is 0 Å². The number of benzene rings is 6. The van der Waals surface area contributed by atoms with Crippen molar-refractivity contribution in [1.82, 2.24) is 9.97 Å². The zero-order valence-electron chi connectivity index (χ0n) is 26.7. The Labute approximate surface area is 276 Å². The lowest BCUT2D eigenvalue weighted by atomic mass is 9.94. The van der Waals surface area contributed by atoms with Crippen LogP contribution in [0.15, 0.2) is 156 Å². The quantitative estimate of drug-likeness (QED) is 0.173. The maximum atomic E-state index is 6.16. The molecule has 2 heterocycles. The average molecular weight is 623 g/mol. The zero-order valence-corrected chi connectivity index (χ0v) is 27.7. The molecule has 0 aliphatic rings. The second-order valence-corrected chi connectivity index (χ2v) is 18.2. The third-order valence-electron chi connectivity index (χ3n) is 8.85. The molecule has 47 heavy (non-hydrogen) atoms. The molecule has 4 heteroatoms. The van der Waals surface area contributed by atoms with Gasteiger partial charge in [0.25, 0.3) is 0 Å². The standard InChI is InChI=1S/C43H34N2OSi/c1-47(2,3)36-21-18-29(19-22-36)33-24-34(32-20-23-42-38(27-32)37-16-10-11-17-41(37)46-42)26-35(25-33)40-28-39(30-12-6-4-7-13-30)44-43(45-40)31-14-8-5-9-15-31/h4-28H,1-3H3. The van der Waals surface area contributed by atoms with Crippen LogP contribution in [0.1, 0.15) is 0 Å². The van der Waals surface area contributed by atoms with Crippen LogP contribution in [-0.2, 0) is 0 Å². The molecule has 3 nitrogen and oxygen atoms in total. The molecular formula is C43H34N2OSi. The second kappa shape index (κ2) is 11.7. The summed E-state index contributed by atoms with van der Waals surface area (Å²) in [6.07, 6.45) is 0. The van der Waals surface area contributed by atoms with Gasteiger partial charge in [0.1, 0.15) is 11.2 Å². The molecule has 0 atom stereocenters. The van der Waals surface area contributed by atoms with Gasteiger partial charge < -0.3 is 4.42 Å². The summed E-state index contributed by atoms with van der Waals surface area (Å²) in [4.78, 5) is 10.2. The number of furan rings is 1. The van der Waals surface area contributed by atoms with Gasteiger partial charge in [0.2, 0.25) is 0 Å². The second-order valence-electron chi connectivity index (χ2n) is 13.1. The monoisotopic (exact) mass is 622 g/mol. The van der Waals surface area contributed by atoms with Gasteiger partial charge in [0.05, 0.1) is 19.5 Å². The number of nitrogens with zero attached hydrogens (tertiary/aromatic N) is 2. The molecule has 0 radical (unpaired) electrons. The van der Waals surface area contributed by atoms with Crippen LogP contribution in [-0.4, -0.2) is 18.0 Å². The van der Waals surface area contributed by atoms with Gasteiger partial charge in [-0.05, 0) is 64.7 Å². The van der Waals surface area contributed by atoms with Crippen molar-refractivity contribution in [2.45, 2.75) is 19.6 Å². The summed E-state index contributed by atoms with van der Waals surface area (Å²) < 4.78 is 6.16. The average Bonchev–Trinajstić information content (AvgIpc) is 3.50. The number of hydrogen-bond donors (Lipinski definition) is 0. The summed E-state index contributed by atoms with van der Waals surface area (Å²) in [5.41, 5.74) is 11.3. The summed E-state index contributed by atoms with van der Waals surface area (Å²) in [6.45, 7) is 7.17. The van der Waals surface area contributed by atoms with E-state index in [1.165, 1.54) is 10.8 Å². The topological polar surface area (TPSA) is 38.9 Å². The highest BCUT2D eigenvalue weighted by molar-refractivity contribution is 6.88. The molecule has 0 N–H and O–H groups in total. The van der Waals surface area contributed by atoms with Gasteiger partial charge in [0.15, 0.2) is 5.82 Å². The van der Waals surface area contributed by atoms with Crippen LogP contribution in [0.2, 0.25) is 19.6 Å². The fourth-order valence-corrected chi connectivity index (χ4v) is 7.41. The van der Waals surface area contributed by atoms with Crippen LogP contribution in [0.5, 0.6) is 0 Å². The van der Waals surface area contributed by atoms with Crippen molar-refractivity contribution < 1.29 is 4.42 Å². The SMILES string of the molecule is C[Si](C)(C)c1ccc(-c2cc(-c3ccc4oc5ccccc5c4c3)cc(-c3cc(-c4ccccc4)nc(-c4ccccc4)n3)c2)cc1. The van der Waals surface area contributed by atoms with Gasteiger partial charge in [0, 0.05) is 27.5 Å². The van der Waals surface area contributed by atoms with Crippen LogP contribution in [0.3, 0.4) is 0 Å². The Morgan fingerprint density at radius 1 is 0.404 bits per heavy atom. The van der Waals surface area contributed by atoms with Crippen molar-refractivity contribution >= 4 is 35.2 Å². The van der Waals surface area contributed by atoms with E-state index in [1.807, 2.05) is 36.4 Å². The molecule has 2 aromatic heterocycles. The van der Waals surface area contributed by atoms with E-state index in [0.717, 1.165) is 66.7 Å². The maximum absolute atomic E-state index is 6.16. The van der Waals surface area contributed by atoms with Crippen molar-refractivity contribution in [2.75, 3.05) is 0 Å². The smallest absolute Gasteiger partial charge is 0.160 e. The van der Waals surface area contributed by atoms with Gasteiger partial charge in [-0.15, -0.1) is 0 Å². The van der Waals surface area contributed by atoms with Crippen molar-refractivity contribution in [1.29, 1.82) is 0 Å². The Kier molecular flexibility index (Phi) is 7.15. The van der Waals surface area contributed by atoms with Crippen LogP contribution >= 0.6 is 0 Å². The van der Waals surface area contributed by atoms with Crippen molar-refractivity contribution in [3.63, 3.8) is 0 Å². The molecule has 226 valence electrons. The molecule has 8 aromatic rings. The van der Waals surface area contributed by atoms with Gasteiger partial charge in [-0.25, -0.2) is 9.97 Å². The maximum Gasteiger partial charge on any atom is 0.160 e. The third-order valence-corrected chi connectivity index (χ3v) is 10.9. The number of fused-ring (bicyclic) bond motifs is 3.